The van der Waals surface area contributed by atoms with Crippen LogP contribution >= 0.6 is 15.9 Å². The Morgan fingerprint density at radius 3 is 2.75 bits per heavy atom. The van der Waals surface area contributed by atoms with Gasteiger partial charge in [-0.2, -0.15) is 0 Å². The first-order valence-corrected chi connectivity index (χ1v) is 8.53. The number of aromatic nitrogens is 2. The number of carbonyl (C=O) groups excluding carboxylic acids is 1. The first-order chi connectivity index (χ1) is 11.7. The van der Waals surface area contributed by atoms with Crippen LogP contribution in [0.3, 0.4) is 0 Å². The lowest BCUT2D eigenvalue weighted by Crippen LogP contribution is -2.05. The molecule has 0 aliphatic rings. The summed E-state index contributed by atoms with van der Waals surface area (Å²) in [6.07, 6.45) is 0. The summed E-state index contributed by atoms with van der Waals surface area (Å²) in [5.41, 5.74) is 4.11. The number of hydrogen-bond acceptors (Lipinski definition) is 2. The molecular formula is C19H15BrN2O2. The number of carbonyl (C=O) groups is 1. The van der Waals surface area contributed by atoms with Crippen molar-refractivity contribution in [3.63, 3.8) is 0 Å². The molecule has 120 valence electrons. The molecule has 0 aliphatic carbocycles. The lowest BCUT2D eigenvalue weighted by Gasteiger charge is -2.03. The number of nitrogens with one attached hydrogen (secondary N) is 2. The van der Waals surface area contributed by atoms with E-state index >= 15 is 0 Å². The molecule has 0 fully saturated rings. The lowest BCUT2D eigenvalue weighted by atomic mass is 10.1. The van der Waals surface area contributed by atoms with Crippen molar-refractivity contribution in [2.45, 2.75) is 6.92 Å². The van der Waals surface area contributed by atoms with E-state index in [0.29, 0.717) is 12.2 Å². The number of benzene rings is 2. The monoisotopic (exact) mass is 382 g/mol. The standard InChI is InChI=1S/C19H15BrN2O2/c1-2-24-19(23)17-13-5-3-4-6-15(13)22-18(17)16-10-11-9-12(20)7-8-14(11)21-16/h3-10,21-22H,2H2,1H3. The normalized spacial score (nSPS) is 11.2. The Balaban J connectivity index is 1.97. The fraction of sp³-hybridized carbons (Fsp3) is 0.105. The zero-order chi connectivity index (χ0) is 16.7. The highest BCUT2D eigenvalue weighted by atomic mass is 79.9. The summed E-state index contributed by atoms with van der Waals surface area (Å²) in [6.45, 7) is 2.16. The third kappa shape index (κ3) is 2.41. The molecule has 2 aromatic heterocycles. The van der Waals surface area contributed by atoms with Crippen molar-refractivity contribution < 1.29 is 9.53 Å². The Morgan fingerprint density at radius 1 is 1.08 bits per heavy atom. The molecule has 2 N–H and O–H groups in total. The van der Waals surface area contributed by atoms with Gasteiger partial charge < -0.3 is 14.7 Å². The maximum atomic E-state index is 12.5. The minimum absolute atomic E-state index is 0.315. The number of halogens is 1. The molecule has 2 heterocycles. The van der Waals surface area contributed by atoms with Gasteiger partial charge in [0.25, 0.3) is 0 Å². The van der Waals surface area contributed by atoms with Crippen LogP contribution in [-0.4, -0.2) is 22.5 Å². The second-order valence-corrected chi connectivity index (χ2v) is 6.47. The lowest BCUT2D eigenvalue weighted by molar-refractivity contribution is 0.0529. The molecule has 0 amide bonds. The van der Waals surface area contributed by atoms with Gasteiger partial charge in [-0.15, -0.1) is 0 Å². The van der Waals surface area contributed by atoms with Crippen LogP contribution < -0.4 is 0 Å². The van der Waals surface area contributed by atoms with Gasteiger partial charge in [-0.05, 0) is 37.3 Å². The van der Waals surface area contributed by atoms with Gasteiger partial charge in [-0.1, -0.05) is 34.1 Å². The van der Waals surface area contributed by atoms with Crippen LogP contribution in [0.5, 0.6) is 0 Å². The molecule has 24 heavy (non-hydrogen) atoms. The molecule has 0 spiro atoms. The third-order valence-electron chi connectivity index (χ3n) is 4.04. The van der Waals surface area contributed by atoms with E-state index in [2.05, 4.69) is 25.9 Å². The van der Waals surface area contributed by atoms with Crippen molar-refractivity contribution in [3.05, 3.63) is 58.6 Å². The van der Waals surface area contributed by atoms with Gasteiger partial charge in [0, 0.05) is 26.3 Å². The number of hydrogen-bond donors (Lipinski definition) is 2. The Kier molecular flexibility index (Phi) is 3.65. The molecule has 0 unspecified atom stereocenters. The summed E-state index contributed by atoms with van der Waals surface area (Å²) in [4.78, 5) is 19.2. The molecule has 5 heteroatoms. The van der Waals surface area contributed by atoms with E-state index in [1.807, 2.05) is 55.5 Å². The quantitative estimate of drug-likeness (QED) is 0.475. The summed E-state index contributed by atoms with van der Waals surface area (Å²) >= 11 is 3.49. The van der Waals surface area contributed by atoms with Crippen LogP contribution in [0.2, 0.25) is 0 Å². The number of fused-ring (bicyclic) bond motifs is 2. The summed E-state index contributed by atoms with van der Waals surface area (Å²) in [5.74, 6) is -0.315. The third-order valence-corrected chi connectivity index (χ3v) is 4.53. The molecular weight excluding hydrogens is 368 g/mol. The fourth-order valence-corrected chi connectivity index (χ4v) is 3.38. The van der Waals surface area contributed by atoms with E-state index < -0.39 is 0 Å². The van der Waals surface area contributed by atoms with Crippen LogP contribution in [0.15, 0.2) is 53.0 Å². The average molecular weight is 383 g/mol. The van der Waals surface area contributed by atoms with E-state index in [-0.39, 0.29) is 5.97 Å². The van der Waals surface area contributed by atoms with Crippen LogP contribution in [0.4, 0.5) is 0 Å². The van der Waals surface area contributed by atoms with Crippen LogP contribution in [0, 0.1) is 0 Å². The Morgan fingerprint density at radius 2 is 1.92 bits per heavy atom. The highest BCUT2D eigenvalue weighted by molar-refractivity contribution is 9.10. The first-order valence-electron chi connectivity index (χ1n) is 7.74. The van der Waals surface area contributed by atoms with Crippen LogP contribution in [0.25, 0.3) is 33.2 Å². The Hall–Kier alpha value is -2.53. The van der Waals surface area contributed by atoms with Gasteiger partial charge in [0.2, 0.25) is 0 Å². The smallest absolute Gasteiger partial charge is 0.341 e. The highest BCUT2D eigenvalue weighted by Crippen LogP contribution is 2.33. The van der Waals surface area contributed by atoms with E-state index in [9.17, 15) is 4.79 Å². The van der Waals surface area contributed by atoms with Crippen molar-refractivity contribution in [1.82, 2.24) is 9.97 Å². The van der Waals surface area contributed by atoms with Crippen molar-refractivity contribution in [2.75, 3.05) is 6.61 Å². The number of rotatable bonds is 3. The molecule has 0 aliphatic heterocycles. The first kappa shape index (κ1) is 15.0. The maximum Gasteiger partial charge on any atom is 0.341 e. The molecule has 4 aromatic rings. The van der Waals surface area contributed by atoms with E-state index in [1.165, 1.54) is 0 Å². The summed E-state index contributed by atoms with van der Waals surface area (Å²) < 4.78 is 6.29. The van der Waals surface area contributed by atoms with Gasteiger partial charge in [0.15, 0.2) is 0 Å². The molecule has 0 saturated carbocycles. The average Bonchev–Trinajstić information content (AvgIpc) is 3.15. The molecule has 4 nitrogen and oxygen atoms in total. The maximum absolute atomic E-state index is 12.5. The summed E-state index contributed by atoms with van der Waals surface area (Å²) in [5, 5.41) is 1.94. The highest BCUT2D eigenvalue weighted by Gasteiger charge is 2.21. The van der Waals surface area contributed by atoms with E-state index in [0.717, 1.165) is 37.7 Å². The topological polar surface area (TPSA) is 57.9 Å². The minimum Gasteiger partial charge on any atom is -0.462 e. The Labute approximate surface area is 147 Å². The molecule has 4 rings (SSSR count). The van der Waals surface area contributed by atoms with Gasteiger partial charge in [-0.25, -0.2) is 4.79 Å². The zero-order valence-electron chi connectivity index (χ0n) is 13.0. The second kappa shape index (κ2) is 5.83. The molecule has 0 radical (unpaired) electrons. The van der Waals surface area contributed by atoms with E-state index in [4.69, 9.17) is 4.74 Å². The zero-order valence-corrected chi connectivity index (χ0v) is 14.6. The minimum atomic E-state index is -0.315. The second-order valence-electron chi connectivity index (χ2n) is 5.56. The molecule has 2 aromatic carbocycles. The van der Waals surface area contributed by atoms with Crippen molar-refractivity contribution in [3.8, 4) is 11.4 Å². The van der Waals surface area contributed by atoms with Gasteiger partial charge in [0.1, 0.15) is 0 Å². The number of ether oxygens (including phenoxy) is 1. The number of aromatic amines is 2. The van der Waals surface area contributed by atoms with Crippen LogP contribution in [0.1, 0.15) is 17.3 Å². The predicted octanol–water partition coefficient (Wildman–Crippen LogP) is 5.26. The number of para-hydroxylation sites is 1. The number of H-pyrrole nitrogens is 2. The molecule has 0 atom stereocenters. The van der Waals surface area contributed by atoms with Crippen molar-refractivity contribution in [2.24, 2.45) is 0 Å². The largest absolute Gasteiger partial charge is 0.462 e. The Bertz CT molecular complexity index is 1060. The van der Waals surface area contributed by atoms with E-state index in [1.54, 1.807) is 0 Å². The van der Waals surface area contributed by atoms with Crippen molar-refractivity contribution in [1.29, 1.82) is 0 Å². The van der Waals surface area contributed by atoms with Crippen LogP contribution in [-0.2, 0) is 4.74 Å². The summed E-state index contributed by atoms with van der Waals surface area (Å²) in [7, 11) is 0. The SMILES string of the molecule is CCOC(=O)c1c(-c2cc3cc(Br)ccc3[nH]2)[nH]c2ccccc12. The summed E-state index contributed by atoms with van der Waals surface area (Å²) in [6, 6.07) is 15.8. The van der Waals surface area contributed by atoms with Gasteiger partial charge >= 0.3 is 5.97 Å². The molecule has 0 bridgehead atoms. The fourth-order valence-electron chi connectivity index (χ4n) is 3.00. The number of esters is 1. The van der Waals surface area contributed by atoms with Gasteiger partial charge in [-0.3, -0.25) is 0 Å². The predicted molar refractivity (Wildman–Crippen MR) is 99.2 cm³/mol. The molecule has 0 saturated heterocycles. The van der Waals surface area contributed by atoms with Gasteiger partial charge in [0.05, 0.1) is 23.6 Å². The van der Waals surface area contributed by atoms with Crippen molar-refractivity contribution >= 4 is 43.7 Å².